The maximum absolute atomic E-state index is 12.8. The summed E-state index contributed by atoms with van der Waals surface area (Å²) in [6.07, 6.45) is 0.914. The third-order valence-corrected chi connectivity index (χ3v) is 7.43. The van der Waals surface area contributed by atoms with Crippen molar-refractivity contribution in [3.8, 4) is 11.4 Å². The van der Waals surface area contributed by atoms with Gasteiger partial charge < -0.3 is 5.32 Å². The Balaban J connectivity index is 1.38. The van der Waals surface area contributed by atoms with Crippen molar-refractivity contribution in [1.29, 1.82) is 0 Å². The number of aromatic nitrogens is 3. The molecular formula is C21H22ClN5O3S. The number of carbonyl (C=O) groups is 1. The number of rotatable bonds is 5. The van der Waals surface area contributed by atoms with E-state index in [4.69, 9.17) is 11.6 Å². The SMILES string of the molecule is Cc1nc(-c2cccc(NC(=O)C3CCN(S(=O)(=O)c4ccc(Cl)cc4)CC3)c2)n[nH]1. The van der Waals surface area contributed by atoms with Crippen LogP contribution in [0.2, 0.25) is 5.02 Å². The number of aromatic amines is 1. The summed E-state index contributed by atoms with van der Waals surface area (Å²) in [5.41, 5.74) is 1.45. The molecule has 0 bridgehead atoms. The van der Waals surface area contributed by atoms with E-state index in [0.717, 1.165) is 5.56 Å². The van der Waals surface area contributed by atoms with Gasteiger partial charge in [-0.1, -0.05) is 23.7 Å². The lowest BCUT2D eigenvalue weighted by Crippen LogP contribution is -2.41. The van der Waals surface area contributed by atoms with Crippen LogP contribution in [0.3, 0.4) is 0 Å². The van der Waals surface area contributed by atoms with Gasteiger partial charge in [-0.3, -0.25) is 9.89 Å². The summed E-state index contributed by atoms with van der Waals surface area (Å²) in [5, 5.41) is 10.4. The van der Waals surface area contributed by atoms with Crippen molar-refractivity contribution in [2.45, 2.75) is 24.7 Å². The average Bonchev–Trinajstić information content (AvgIpc) is 3.21. The minimum absolute atomic E-state index is 0.119. The van der Waals surface area contributed by atoms with E-state index in [1.165, 1.54) is 16.4 Å². The van der Waals surface area contributed by atoms with Gasteiger partial charge in [-0.15, -0.1) is 0 Å². The molecule has 10 heteroatoms. The number of nitrogens with one attached hydrogen (secondary N) is 2. The first-order valence-electron chi connectivity index (χ1n) is 9.89. The molecule has 4 rings (SSSR count). The van der Waals surface area contributed by atoms with Gasteiger partial charge in [0.1, 0.15) is 5.82 Å². The van der Waals surface area contributed by atoms with Crippen molar-refractivity contribution in [3.63, 3.8) is 0 Å². The lowest BCUT2D eigenvalue weighted by molar-refractivity contribution is -0.120. The Morgan fingerprint density at radius 3 is 2.52 bits per heavy atom. The first-order valence-corrected chi connectivity index (χ1v) is 11.7. The molecule has 1 aliphatic rings. The van der Waals surface area contributed by atoms with E-state index in [1.807, 2.05) is 25.1 Å². The van der Waals surface area contributed by atoms with Crippen LogP contribution in [0, 0.1) is 12.8 Å². The van der Waals surface area contributed by atoms with Crippen molar-refractivity contribution in [3.05, 3.63) is 59.4 Å². The highest BCUT2D eigenvalue weighted by Crippen LogP contribution is 2.26. The van der Waals surface area contributed by atoms with E-state index in [-0.39, 0.29) is 16.7 Å². The second kappa shape index (κ2) is 8.78. The predicted octanol–water partition coefficient (Wildman–Crippen LogP) is 3.47. The number of amides is 1. The van der Waals surface area contributed by atoms with E-state index in [0.29, 0.717) is 48.3 Å². The quantitative estimate of drug-likeness (QED) is 0.607. The molecule has 0 saturated carbocycles. The number of carbonyl (C=O) groups excluding carboxylic acids is 1. The third kappa shape index (κ3) is 4.79. The zero-order valence-corrected chi connectivity index (χ0v) is 18.4. The van der Waals surface area contributed by atoms with Crippen molar-refractivity contribution >= 4 is 33.2 Å². The predicted molar refractivity (Wildman–Crippen MR) is 118 cm³/mol. The number of aryl methyl sites for hydroxylation is 1. The van der Waals surface area contributed by atoms with Gasteiger partial charge in [0.15, 0.2) is 5.82 Å². The number of hydrogen-bond acceptors (Lipinski definition) is 5. The zero-order chi connectivity index (χ0) is 22.0. The summed E-state index contributed by atoms with van der Waals surface area (Å²) in [6.45, 7) is 2.40. The first kappa shape index (κ1) is 21.5. The van der Waals surface area contributed by atoms with Gasteiger partial charge in [0.25, 0.3) is 0 Å². The lowest BCUT2D eigenvalue weighted by atomic mass is 9.97. The fourth-order valence-electron chi connectivity index (χ4n) is 3.57. The molecule has 31 heavy (non-hydrogen) atoms. The van der Waals surface area contributed by atoms with Crippen molar-refractivity contribution in [2.75, 3.05) is 18.4 Å². The molecule has 3 aromatic rings. The van der Waals surface area contributed by atoms with Crippen LogP contribution in [-0.2, 0) is 14.8 Å². The highest BCUT2D eigenvalue weighted by Gasteiger charge is 2.32. The number of halogens is 1. The molecule has 2 N–H and O–H groups in total. The minimum atomic E-state index is -3.59. The summed E-state index contributed by atoms with van der Waals surface area (Å²) in [5.74, 6) is 0.900. The van der Waals surface area contributed by atoms with E-state index < -0.39 is 10.0 Å². The van der Waals surface area contributed by atoms with E-state index in [1.54, 1.807) is 18.2 Å². The second-order valence-electron chi connectivity index (χ2n) is 7.45. The topological polar surface area (TPSA) is 108 Å². The Morgan fingerprint density at radius 1 is 1.16 bits per heavy atom. The molecule has 8 nitrogen and oxygen atoms in total. The molecule has 2 aromatic carbocycles. The summed E-state index contributed by atoms with van der Waals surface area (Å²) >= 11 is 5.85. The molecule has 0 spiro atoms. The molecule has 0 atom stereocenters. The van der Waals surface area contributed by atoms with Crippen molar-refractivity contribution in [1.82, 2.24) is 19.5 Å². The fraction of sp³-hybridized carbons (Fsp3) is 0.286. The van der Waals surface area contributed by atoms with Crippen LogP contribution < -0.4 is 5.32 Å². The van der Waals surface area contributed by atoms with E-state index in [2.05, 4.69) is 20.5 Å². The van der Waals surface area contributed by atoms with Gasteiger partial charge in [-0.2, -0.15) is 9.40 Å². The molecule has 1 fully saturated rings. The molecule has 1 aliphatic heterocycles. The second-order valence-corrected chi connectivity index (χ2v) is 9.82. The summed E-state index contributed by atoms with van der Waals surface area (Å²) in [4.78, 5) is 17.3. The van der Waals surface area contributed by atoms with Gasteiger partial charge in [-0.05, 0) is 56.2 Å². The number of anilines is 1. The van der Waals surface area contributed by atoms with Crippen LogP contribution in [-0.4, -0.2) is 46.9 Å². The highest BCUT2D eigenvalue weighted by molar-refractivity contribution is 7.89. The Hall–Kier alpha value is -2.75. The molecule has 0 unspecified atom stereocenters. The summed E-state index contributed by atoms with van der Waals surface area (Å²) in [7, 11) is -3.59. The summed E-state index contributed by atoms with van der Waals surface area (Å²) < 4.78 is 27.0. The Kier molecular flexibility index (Phi) is 6.08. The monoisotopic (exact) mass is 459 g/mol. The van der Waals surface area contributed by atoms with Crippen LogP contribution in [0.5, 0.6) is 0 Å². The van der Waals surface area contributed by atoms with Crippen LogP contribution in [0.4, 0.5) is 5.69 Å². The molecular weight excluding hydrogens is 438 g/mol. The van der Waals surface area contributed by atoms with Gasteiger partial charge in [0.2, 0.25) is 15.9 Å². The summed E-state index contributed by atoms with van der Waals surface area (Å²) in [6, 6.07) is 13.4. The van der Waals surface area contributed by atoms with Crippen LogP contribution in [0.1, 0.15) is 18.7 Å². The molecule has 0 radical (unpaired) electrons. The van der Waals surface area contributed by atoms with Gasteiger partial charge >= 0.3 is 0 Å². The van der Waals surface area contributed by atoms with Crippen LogP contribution in [0.25, 0.3) is 11.4 Å². The first-order chi connectivity index (χ1) is 14.8. The van der Waals surface area contributed by atoms with Crippen molar-refractivity contribution < 1.29 is 13.2 Å². The number of nitrogens with zero attached hydrogens (tertiary/aromatic N) is 3. The Bertz CT molecular complexity index is 1190. The molecule has 0 aliphatic carbocycles. The third-order valence-electron chi connectivity index (χ3n) is 5.26. The molecule has 1 aromatic heterocycles. The van der Waals surface area contributed by atoms with Gasteiger partial charge in [-0.25, -0.2) is 13.4 Å². The normalized spacial score (nSPS) is 15.7. The molecule has 2 heterocycles. The lowest BCUT2D eigenvalue weighted by Gasteiger charge is -2.30. The van der Waals surface area contributed by atoms with Crippen molar-refractivity contribution in [2.24, 2.45) is 5.92 Å². The van der Waals surface area contributed by atoms with Crippen LogP contribution in [0.15, 0.2) is 53.4 Å². The highest BCUT2D eigenvalue weighted by atomic mass is 35.5. The van der Waals surface area contributed by atoms with Gasteiger partial charge in [0, 0.05) is 35.3 Å². The van der Waals surface area contributed by atoms with Crippen LogP contribution >= 0.6 is 11.6 Å². The Labute approximate surface area is 185 Å². The number of H-pyrrole nitrogens is 1. The van der Waals surface area contributed by atoms with E-state index in [9.17, 15) is 13.2 Å². The maximum Gasteiger partial charge on any atom is 0.243 e. The number of piperidine rings is 1. The zero-order valence-electron chi connectivity index (χ0n) is 16.9. The smallest absolute Gasteiger partial charge is 0.243 e. The molecule has 1 saturated heterocycles. The standard InChI is InChI=1S/C21H22ClN5O3S/c1-14-23-20(26-25-14)16-3-2-4-18(13-16)24-21(28)15-9-11-27(12-10-15)31(29,30)19-7-5-17(22)6-8-19/h2-8,13,15H,9-12H2,1H3,(H,24,28)(H,23,25,26). The fourth-order valence-corrected chi connectivity index (χ4v) is 5.16. The maximum atomic E-state index is 12.8. The molecule has 1 amide bonds. The van der Waals surface area contributed by atoms with E-state index >= 15 is 0 Å². The number of sulfonamides is 1. The van der Waals surface area contributed by atoms with Gasteiger partial charge in [0.05, 0.1) is 4.90 Å². The number of hydrogen-bond donors (Lipinski definition) is 2. The minimum Gasteiger partial charge on any atom is -0.326 e. The average molecular weight is 460 g/mol. The largest absolute Gasteiger partial charge is 0.326 e. The molecule has 162 valence electrons. The number of benzene rings is 2. The Morgan fingerprint density at radius 2 is 1.87 bits per heavy atom.